The van der Waals surface area contributed by atoms with Crippen molar-refractivity contribution < 1.29 is 47.5 Å². The molecular formula is C18H17F3O7S. The van der Waals surface area contributed by atoms with E-state index in [0.29, 0.717) is 16.9 Å². The lowest BCUT2D eigenvalue weighted by molar-refractivity contribution is -0.274. The number of Topliss-reactive ketones (excluding diaryl/α,β-unsaturated/α-hetero) is 1. The third-order valence-corrected chi connectivity index (χ3v) is 5.07. The van der Waals surface area contributed by atoms with Crippen molar-refractivity contribution in [3.63, 3.8) is 0 Å². The Morgan fingerprint density at radius 2 is 1.83 bits per heavy atom. The first kappa shape index (κ1) is 21.5. The summed E-state index contributed by atoms with van der Waals surface area (Å²) in [7, 11) is 0. The summed E-state index contributed by atoms with van der Waals surface area (Å²) in [5, 5.41) is 30.4. The summed E-state index contributed by atoms with van der Waals surface area (Å²) in [6.07, 6.45) is -10.5. The first-order chi connectivity index (χ1) is 13.7. The molecule has 1 aliphatic rings. The van der Waals surface area contributed by atoms with Crippen LogP contribution in [0.4, 0.5) is 13.2 Å². The lowest BCUT2D eigenvalue weighted by Gasteiger charge is -2.34. The van der Waals surface area contributed by atoms with E-state index in [1.165, 1.54) is 35.6 Å². The monoisotopic (exact) mass is 434 g/mol. The van der Waals surface area contributed by atoms with Crippen LogP contribution in [-0.2, 0) is 16.0 Å². The Hall–Kier alpha value is -2.18. The maximum absolute atomic E-state index is 12.2. The van der Waals surface area contributed by atoms with Gasteiger partial charge in [0.15, 0.2) is 0 Å². The fraction of sp³-hybridized carbons (Fsp3) is 0.389. The van der Waals surface area contributed by atoms with Crippen LogP contribution in [0.2, 0.25) is 0 Å². The maximum atomic E-state index is 12.2. The number of halogens is 3. The topological polar surface area (TPSA) is 105 Å². The van der Waals surface area contributed by atoms with Crippen LogP contribution in [-0.4, -0.2) is 58.7 Å². The van der Waals surface area contributed by atoms with Gasteiger partial charge in [-0.1, -0.05) is 12.1 Å². The molecule has 3 N–H and O–H groups in total. The highest BCUT2D eigenvalue weighted by molar-refractivity contribution is 7.10. The molecule has 29 heavy (non-hydrogen) atoms. The molecule has 0 aliphatic carbocycles. The van der Waals surface area contributed by atoms with E-state index < -0.39 is 43.4 Å². The van der Waals surface area contributed by atoms with E-state index in [0.717, 1.165) is 0 Å². The number of hydrogen-bond acceptors (Lipinski definition) is 8. The lowest BCUT2D eigenvalue weighted by atomic mass is 10.0. The molecule has 11 heteroatoms. The minimum atomic E-state index is -4.77. The molecule has 4 atom stereocenters. The zero-order valence-corrected chi connectivity index (χ0v) is 15.5. The second-order valence-electron chi connectivity index (χ2n) is 6.22. The van der Waals surface area contributed by atoms with Crippen LogP contribution in [0.1, 0.15) is 10.4 Å². The molecule has 0 spiro atoms. The van der Waals surface area contributed by atoms with Crippen LogP contribution >= 0.6 is 11.3 Å². The van der Waals surface area contributed by atoms with E-state index in [2.05, 4.69) is 4.74 Å². The summed E-state index contributed by atoms with van der Waals surface area (Å²) < 4.78 is 51.3. The number of aliphatic hydroxyl groups is 3. The van der Waals surface area contributed by atoms with Crippen LogP contribution in [0.15, 0.2) is 35.7 Å². The number of carbonyl (C=O) groups excluding carboxylic acids is 1. The average molecular weight is 434 g/mol. The molecule has 0 amide bonds. The largest absolute Gasteiger partial charge is 0.573 e. The number of hydrogen-bond donors (Lipinski definition) is 3. The lowest BCUT2D eigenvalue weighted by Crippen LogP contribution is -2.57. The third kappa shape index (κ3) is 5.25. The summed E-state index contributed by atoms with van der Waals surface area (Å²) in [5.41, 5.74) is 0.673. The van der Waals surface area contributed by atoms with Gasteiger partial charge in [0.2, 0.25) is 5.78 Å². The number of carbonyl (C=O) groups is 1. The Kier molecular flexibility index (Phi) is 6.44. The second kappa shape index (κ2) is 8.67. The SMILES string of the molecule is O=C1C(Oc2ccsc2Cc2ccc(OC(F)(F)F)cc2)OC(CO)C(O)C1O. The highest BCUT2D eigenvalue weighted by Crippen LogP contribution is 2.31. The fourth-order valence-corrected chi connectivity index (χ4v) is 3.56. The number of rotatable bonds is 6. The third-order valence-electron chi connectivity index (χ3n) is 4.17. The van der Waals surface area contributed by atoms with Gasteiger partial charge in [0.05, 0.1) is 11.5 Å². The quantitative estimate of drug-likeness (QED) is 0.635. The minimum Gasteiger partial charge on any atom is -0.456 e. The summed E-state index contributed by atoms with van der Waals surface area (Å²) in [6, 6.07) is 6.88. The number of benzene rings is 1. The van der Waals surface area contributed by atoms with Gasteiger partial charge in [0.25, 0.3) is 6.29 Å². The number of ketones is 1. The summed E-state index contributed by atoms with van der Waals surface area (Å²) in [5.74, 6) is -0.940. The predicted octanol–water partition coefficient (Wildman–Crippen LogP) is 1.62. The van der Waals surface area contributed by atoms with Crippen molar-refractivity contribution in [2.45, 2.75) is 37.4 Å². The highest BCUT2D eigenvalue weighted by Gasteiger charge is 2.44. The molecule has 2 aromatic rings. The van der Waals surface area contributed by atoms with E-state index in [-0.39, 0.29) is 11.5 Å². The van der Waals surface area contributed by atoms with Crippen molar-refractivity contribution in [3.05, 3.63) is 46.2 Å². The Bertz CT molecular complexity index is 837. The standard InChI is InChI=1S/C18H17F3O7S/c19-18(20,21)28-10-3-1-9(2-4-10)7-13-11(5-6-29-13)26-17-16(25)15(24)14(23)12(8-22)27-17/h1-6,12,14-15,17,22-24H,7-8H2. The number of aliphatic hydroxyl groups excluding tert-OH is 3. The smallest absolute Gasteiger partial charge is 0.456 e. The molecule has 0 bridgehead atoms. The zero-order chi connectivity index (χ0) is 21.2. The average Bonchev–Trinajstić information content (AvgIpc) is 3.09. The predicted molar refractivity (Wildman–Crippen MR) is 93.6 cm³/mol. The highest BCUT2D eigenvalue weighted by atomic mass is 32.1. The minimum absolute atomic E-state index is 0.282. The first-order valence-electron chi connectivity index (χ1n) is 8.42. The molecule has 2 heterocycles. The molecule has 1 fully saturated rings. The van der Waals surface area contributed by atoms with Crippen molar-refractivity contribution in [1.82, 2.24) is 0 Å². The van der Waals surface area contributed by atoms with E-state index in [1.807, 2.05) is 0 Å². The van der Waals surface area contributed by atoms with Crippen molar-refractivity contribution in [3.8, 4) is 11.5 Å². The van der Waals surface area contributed by atoms with Gasteiger partial charge in [-0.05, 0) is 29.1 Å². The van der Waals surface area contributed by atoms with E-state index in [4.69, 9.17) is 9.47 Å². The first-order valence-corrected chi connectivity index (χ1v) is 9.30. The number of alkyl halides is 3. The Labute approximate surface area is 166 Å². The molecule has 3 rings (SSSR count). The molecule has 4 unspecified atom stereocenters. The van der Waals surface area contributed by atoms with Crippen LogP contribution in [0.25, 0.3) is 0 Å². The van der Waals surface area contributed by atoms with Gasteiger partial charge >= 0.3 is 6.36 Å². The molecule has 7 nitrogen and oxygen atoms in total. The second-order valence-corrected chi connectivity index (χ2v) is 7.22. The fourth-order valence-electron chi connectivity index (χ4n) is 2.73. The van der Waals surface area contributed by atoms with Gasteiger partial charge < -0.3 is 29.5 Å². The summed E-state index contributed by atoms with van der Waals surface area (Å²) in [6.45, 7) is -0.617. The summed E-state index contributed by atoms with van der Waals surface area (Å²) >= 11 is 1.29. The molecule has 1 saturated heterocycles. The van der Waals surface area contributed by atoms with Crippen molar-refractivity contribution in [2.24, 2.45) is 0 Å². The molecular weight excluding hydrogens is 417 g/mol. The van der Waals surface area contributed by atoms with Crippen LogP contribution in [0.3, 0.4) is 0 Å². The molecule has 1 aromatic heterocycles. The van der Waals surface area contributed by atoms with Crippen molar-refractivity contribution in [2.75, 3.05) is 6.61 Å². The van der Waals surface area contributed by atoms with Gasteiger partial charge in [0, 0.05) is 6.42 Å². The molecule has 158 valence electrons. The van der Waals surface area contributed by atoms with Gasteiger partial charge in [0.1, 0.15) is 29.8 Å². The maximum Gasteiger partial charge on any atom is 0.573 e. The normalized spacial score (nSPS) is 25.1. The zero-order valence-electron chi connectivity index (χ0n) is 14.7. The molecule has 0 radical (unpaired) electrons. The number of ether oxygens (including phenoxy) is 3. The molecule has 1 aromatic carbocycles. The van der Waals surface area contributed by atoms with Crippen molar-refractivity contribution >= 4 is 17.1 Å². The van der Waals surface area contributed by atoms with Gasteiger partial charge in [-0.2, -0.15) is 0 Å². The Morgan fingerprint density at radius 3 is 2.45 bits per heavy atom. The van der Waals surface area contributed by atoms with Gasteiger partial charge in [-0.3, -0.25) is 4.79 Å². The van der Waals surface area contributed by atoms with Crippen LogP contribution < -0.4 is 9.47 Å². The Morgan fingerprint density at radius 1 is 1.14 bits per heavy atom. The molecule has 1 aliphatic heterocycles. The van der Waals surface area contributed by atoms with Crippen LogP contribution in [0, 0.1) is 0 Å². The number of thiophene rings is 1. The van der Waals surface area contributed by atoms with E-state index in [1.54, 1.807) is 11.4 Å². The van der Waals surface area contributed by atoms with Crippen LogP contribution in [0.5, 0.6) is 11.5 Å². The van der Waals surface area contributed by atoms with Gasteiger partial charge in [-0.15, -0.1) is 24.5 Å². The van der Waals surface area contributed by atoms with Crippen molar-refractivity contribution in [1.29, 1.82) is 0 Å². The van der Waals surface area contributed by atoms with Gasteiger partial charge in [-0.25, -0.2) is 0 Å². The summed E-state index contributed by atoms with van der Waals surface area (Å²) in [4.78, 5) is 12.8. The Balaban J connectivity index is 1.69. The van der Waals surface area contributed by atoms with E-state index in [9.17, 15) is 33.3 Å². The van der Waals surface area contributed by atoms with E-state index >= 15 is 0 Å². The molecule has 0 saturated carbocycles.